The first-order valence-corrected chi connectivity index (χ1v) is 8.76. The maximum atomic E-state index is 11.9. The van der Waals surface area contributed by atoms with Gasteiger partial charge in [-0.25, -0.2) is 0 Å². The fourth-order valence-corrected chi connectivity index (χ4v) is 2.52. The molecule has 0 spiro atoms. The number of benzene rings is 2. The van der Waals surface area contributed by atoms with E-state index < -0.39 is 0 Å². The normalized spacial score (nSPS) is 10.2. The van der Waals surface area contributed by atoms with Gasteiger partial charge in [-0.05, 0) is 59.1 Å². The van der Waals surface area contributed by atoms with Crippen LogP contribution in [-0.4, -0.2) is 25.0 Å². The summed E-state index contributed by atoms with van der Waals surface area (Å²) in [6.07, 6.45) is 0.190. The number of halogens is 1. The molecule has 0 saturated carbocycles. The molecule has 0 bridgehead atoms. The molecule has 0 radical (unpaired) electrons. The molecule has 5 nitrogen and oxygen atoms in total. The van der Waals surface area contributed by atoms with Crippen molar-refractivity contribution in [3.8, 4) is 5.75 Å². The van der Waals surface area contributed by atoms with Crippen LogP contribution in [-0.2, 0) is 9.59 Å². The van der Waals surface area contributed by atoms with E-state index in [2.05, 4.69) is 26.6 Å². The summed E-state index contributed by atoms with van der Waals surface area (Å²) >= 11 is 3.35. The molecule has 0 atom stereocenters. The van der Waals surface area contributed by atoms with Crippen LogP contribution in [0.15, 0.2) is 46.9 Å². The van der Waals surface area contributed by atoms with Crippen molar-refractivity contribution in [2.75, 3.05) is 18.5 Å². The molecule has 2 amide bonds. The van der Waals surface area contributed by atoms with Crippen LogP contribution in [0.2, 0.25) is 0 Å². The maximum absolute atomic E-state index is 11.9. The first-order chi connectivity index (χ1) is 12.0. The molecule has 132 valence electrons. The molecule has 0 saturated heterocycles. The van der Waals surface area contributed by atoms with Gasteiger partial charge in [0, 0.05) is 4.47 Å². The predicted molar refractivity (Wildman–Crippen MR) is 102 cm³/mol. The van der Waals surface area contributed by atoms with E-state index in [0.717, 1.165) is 21.3 Å². The molecule has 6 heteroatoms. The lowest BCUT2D eigenvalue weighted by Gasteiger charge is -2.10. The lowest BCUT2D eigenvalue weighted by molar-refractivity contribution is -0.124. The van der Waals surface area contributed by atoms with Crippen LogP contribution in [0.1, 0.15) is 17.5 Å². The van der Waals surface area contributed by atoms with Crippen molar-refractivity contribution in [1.29, 1.82) is 0 Å². The largest absolute Gasteiger partial charge is 0.493 e. The molecule has 0 aliphatic carbocycles. The second-order valence-corrected chi connectivity index (χ2v) is 6.53. The highest BCUT2D eigenvalue weighted by molar-refractivity contribution is 9.10. The van der Waals surface area contributed by atoms with Crippen LogP contribution in [0.25, 0.3) is 0 Å². The van der Waals surface area contributed by atoms with Gasteiger partial charge >= 0.3 is 0 Å². The molecular formula is C19H21BrN2O3. The number of hydrogen-bond donors (Lipinski definition) is 2. The van der Waals surface area contributed by atoms with Crippen LogP contribution in [0.5, 0.6) is 5.75 Å². The molecule has 25 heavy (non-hydrogen) atoms. The second kappa shape index (κ2) is 9.22. The number of ether oxygens (including phenoxy) is 1. The summed E-state index contributed by atoms with van der Waals surface area (Å²) in [4.78, 5) is 23.7. The lowest BCUT2D eigenvalue weighted by atomic mass is 10.1. The average molecular weight is 405 g/mol. The highest BCUT2D eigenvalue weighted by atomic mass is 79.9. The van der Waals surface area contributed by atoms with E-state index in [1.165, 1.54) is 0 Å². The van der Waals surface area contributed by atoms with Crippen LogP contribution < -0.4 is 15.4 Å². The van der Waals surface area contributed by atoms with Crippen molar-refractivity contribution in [3.05, 3.63) is 58.1 Å². The van der Waals surface area contributed by atoms with Gasteiger partial charge in [0.2, 0.25) is 11.8 Å². The van der Waals surface area contributed by atoms with Crippen LogP contribution in [0.3, 0.4) is 0 Å². The van der Waals surface area contributed by atoms with Crippen molar-refractivity contribution in [3.63, 3.8) is 0 Å². The van der Waals surface area contributed by atoms with Crippen molar-refractivity contribution >= 4 is 33.4 Å². The lowest BCUT2D eigenvalue weighted by Crippen LogP contribution is -2.33. The Labute approximate surface area is 155 Å². The number of aryl methyl sites for hydroxylation is 2. The van der Waals surface area contributed by atoms with Gasteiger partial charge in [-0.3, -0.25) is 9.59 Å². The third-order valence-corrected chi connectivity index (χ3v) is 4.22. The minimum Gasteiger partial charge on any atom is -0.493 e. The van der Waals surface area contributed by atoms with Crippen LogP contribution in [0.4, 0.5) is 5.69 Å². The van der Waals surface area contributed by atoms with Gasteiger partial charge in [0.15, 0.2) is 0 Å². The Balaban J connectivity index is 1.71. The summed E-state index contributed by atoms with van der Waals surface area (Å²) in [6, 6.07) is 13.2. The summed E-state index contributed by atoms with van der Waals surface area (Å²) in [5.74, 6) is 0.266. The third-order valence-electron chi connectivity index (χ3n) is 3.52. The Morgan fingerprint density at radius 1 is 1.08 bits per heavy atom. The molecule has 2 aromatic carbocycles. The quantitative estimate of drug-likeness (QED) is 0.740. The fourth-order valence-electron chi connectivity index (χ4n) is 2.14. The molecule has 0 unspecified atom stereocenters. The van der Waals surface area contributed by atoms with Gasteiger partial charge in [0.05, 0.1) is 25.3 Å². The molecular weight excluding hydrogens is 384 g/mol. The molecule has 2 aromatic rings. The van der Waals surface area contributed by atoms with E-state index in [0.29, 0.717) is 5.69 Å². The minimum atomic E-state index is -0.282. The van der Waals surface area contributed by atoms with Crippen molar-refractivity contribution < 1.29 is 14.3 Å². The smallest absolute Gasteiger partial charge is 0.243 e. The van der Waals surface area contributed by atoms with Gasteiger partial charge in [-0.15, -0.1) is 0 Å². The monoisotopic (exact) mass is 404 g/mol. The number of hydrogen-bond acceptors (Lipinski definition) is 3. The zero-order valence-electron chi connectivity index (χ0n) is 14.3. The molecule has 0 aliphatic rings. The number of nitrogens with one attached hydrogen (secondary N) is 2. The van der Waals surface area contributed by atoms with E-state index in [4.69, 9.17) is 4.74 Å². The summed E-state index contributed by atoms with van der Waals surface area (Å²) in [7, 11) is 0. The van der Waals surface area contributed by atoms with E-state index in [1.54, 1.807) is 6.07 Å². The summed E-state index contributed by atoms with van der Waals surface area (Å²) in [5.41, 5.74) is 2.80. The standard InChI is InChI=1S/C19H21BrN2O3/c1-13-7-8-14(2)17(11-13)25-10-9-18(23)21-12-19(24)22-16-6-4-3-5-15(16)20/h3-8,11H,9-10,12H2,1-2H3,(H,21,23)(H,22,24). The first kappa shape index (κ1) is 19.0. The number of carbonyl (C=O) groups excluding carboxylic acids is 2. The SMILES string of the molecule is Cc1ccc(C)c(OCCC(=O)NCC(=O)Nc2ccccc2Br)c1. The Morgan fingerprint density at radius 3 is 2.60 bits per heavy atom. The van der Waals surface area contributed by atoms with Gasteiger partial charge in [-0.1, -0.05) is 24.3 Å². The molecule has 0 aromatic heterocycles. The summed E-state index contributed by atoms with van der Waals surface area (Å²) < 4.78 is 6.43. The zero-order chi connectivity index (χ0) is 18.2. The Bertz CT molecular complexity index is 762. The van der Waals surface area contributed by atoms with Gasteiger partial charge in [0.1, 0.15) is 5.75 Å². The number of amides is 2. The van der Waals surface area contributed by atoms with E-state index >= 15 is 0 Å². The Kier molecular flexibility index (Phi) is 7.01. The highest BCUT2D eigenvalue weighted by Crippen LogP contribution is 2.21. The van der Waals surface area contributed by atoms with Gasteiger partial charge in [-0.2, -0.15) is 0 Å². The maximum Gasteiger partial charge on any atom is 0.243 e. The molecule has 0 aliphatic heterocycles. The fraction of sp³-hybridized carbons (Fsp3) is 0.263. The Hall–Kier alpha value is -2.34. The number of carbonyl (C=O) groups is 2. The Morgan fingerprint density at radius 2 is 1.84 bits per heavy atom. The number of anilines is 1. The van der Waals surface area contributed by atoms with Gasteiger partial charge in [0.25, 0.3) is 0 Å². The summed E-state index contributed by atoms with van der Waals surface area (Å²) in [5, 5.41) is 5.32. The second-order valence-electron chi connectivity index (χ2n) is 5.67. The van der Waals surface area contributed by atoms with E-state index in [-0.39, 0.29) is 31.4 Å². The number of rotatable bonds is 7. The van der Waals surface area contributed by atoms with Crippen LogP contribution >= 0.6 is 15.9 Å². The minimum absolute atomic E-state index is 0.0797. The first-order valence-electron chi connectivity index (χ1n) is 7.97. The van der Waals surface area contributed by atoms with Crippen molar-refractivity contribution in [1.82, 2.24) is 5.32 Å². The highest BCUT2D eigenvalue weighted by Gasteiger charge is 2.08. The summed E-state index contributed by atoms with van der Waals surface area (Å²) in [6.45, 7) is 4.13. The van der Waals surface area contributed by atoms with E-state index in [9.17, 15) is 9.59 Å². The van der Waals surface area contributed by atoms with E-state index in [1.807, 2.05) is 50.2 Å². The predicted octanol–water partition coefficient (Wildman–Crippen LogP) is 3.59. The molecule has 0 fully saturated rings. The molecule has 0 heterocycles. The zero-order valence-corrected chi connectivity index (χ0v) is 15.9. The van der Waals surface area contributed by atoms with Crippen LogP contribution in [0, 0.1) is 13.8 Å². The number of para-hydroxylation sites is 1. The topological polar surface area (TPSA) is 67.4 Å². The van der Waals surface area contributed by atoms with Gasteiger partial charge < -0.3 is 15.4 Å². The third kappa shape index (κ3) is 6.23. The molecule has 2 rings (SSSR count). The van der Waals surface area contributed by atoms with Crippen molar-refractivity contribution in [2.24, 2.45) is 0 Å². The molecule has 2 N–H and O–H groups in total. The van der Waals surface area contributed by atoms with Crippen molar-refractivity contribution in [2.45, 2.75) is 20.3 Å². The average Bonchev–Trinajstić information content (AvgIpc) is 2.58.